The van der Waals surface area contributed by atoms with Crippen molar-refractivity contribution in [3.63, 3.8) is 0 Å². The van der Waals surface area contributed by atoms with Crippen LogP contribution in [0.5, 0.6) is 0 Å². The second kappa shape index (κ2) is 4.52. The van der Waals surface area contributed by atoms with E-state index in [0.29, 0.717) is 6.54 Å². The molecule has 1 aliphatic carbocycles. The molecule has 0 bridgehead atoms. The van der Waals surface area contributed by atoms with Crippen molar-refractivity contribution >= 4 is 5.91 Å². The monoisotopic (exact) mass is 244 g/mol. The molecular weight excluding hydrogens is 232 g/mol. The zero-order valence-electron chi connectivity index (χ0n) is 9.65. The first-order valence-electron chi connectivity index (χ1n) is 5.79. The Morgan fingerprint density at radius 2 is 2.33 bits per heavy atom. The number of tetrazole rings is 1. The van der Waals surface area contributed by atoms with E-state index in [1.165, 1.54) is 0 Å². The fraction of sp³-hybridized carbons (Fsp3) is 0.364. The molecule has 0 aromatic carbocycles. The molecule has 0 radical (unpaired) electrons. The van der Waals surface area contributed by atoms with Crippen molar-refractivity contribution in [3.8, 4) is 0 Å². The predicted octanol–water partition coefficient (Wildman–Crippen LogP) is 0.399. The number of rotatable bonds is 4. The van der Waals surface area contributed by atoms with E-state index in [2.05, 4.69) is 25.6 Å². The number of pyridine rings is 1. The summed E-state index contributed by atoms with van der Waals surface area (Å²) in [6.45, 7) is 0.485. The van der Waals surface area contributed by atoms with E-state index < -0.39 is 0 Å². The molecule has 7 heteroatoms. The van der Waals surface area contributed by atoms with Crippen molar-refractivity contribution in [2.75, 3.05) is 0 Å². The molecule has 1 aliphatic rings. The minimum absolute atomic E-state index is 0.109. The first-order chi connectivity index (χ1) is 8.84. The Hall–Kier alpha value is -2.31. The van der Waals surface area contributed by atoms with Crippen LogP contribution in [0.3, 0.4) is 0 Å². The average molecular weight is 244 g/mol. The molecule has 2 aromatic rings. The fourth-order valence-electron chi connectivity index (χ4n) is 1.80. The lowest BCUT2D eigenvalue weighted by Crippen LogP contribution is -2.33. The lowest BCUT2D eigenvalue weighted by atomic mass is 10.3. The summed E-state index contributed by atoms with van der Waals surface area (Å²) in [5, 5.41) is 13.2. The number of carbonyl (C=O) groups is 1. The summed E-state index contributed by atoms with van der Waals surface area (Å²) < 4.78 is 0. The molecule has 0 aliphatic heterocycles. The third-order valence-corrected chi connectivity index (χ3v) is 2.84. The van der Waals surface area contributed by atoms with Crippen LogP contribution < -0.4 is 0 Å². The molecule has 0 atom stereocenters. The Labute approximate surface area is 103 Å². The van der Waals surface area contributed by atoms with Crippen LogP contribution in [0.4, 0.5) is 0 Å². The molecule has 1 fully saturated rings. The van der Waals surface area contributed by atoms with Gasteiger partial charge in [-0.25, -0.2) is 0 Å². The van der Waals surface area contributed by atoms with Crippen LogP contribution >= 0.6 is 0 Å². The van der Waals surface area contributed by atoms with Gasteiger partial charge in [0.05, 0.1) is 12.2 Å². The van der Waals surface area contributed by atoms with Crippen LogP contribution in [-0.4, -0.2) is 42.5 Å². The molecule has 0 unspecified atom stereocenters. The number of hydrogen-bond donors (Lipinski definition) is 1. The smallest absolute Gasteiger partial charge is 0.296 e. The van der Waals surface area contributed by atoms with Crippen LogP contribution in [0.15, 0.2) is 24.4 Å². The quantitative estimate of drug-likeness (QED) is 0.841. The fourth-order valence-corrected chi connectivity index (χ4v) is 1.80. The van der Waals surface area contributed by atoms with Crippen molar-refractivity contribution in [2.24, 2.45) is 0 Å². The number of carbonyl (C=O) groups excluding carboxylic acids is 1. The minimum atomic E-state index is -0.197. The highest BCUT2D eigenvalue weighted by Crippen LogP contribution is 2.28. The third-order valence-electron chi connectivity index (χ3n) is 2.84. The van der Waals surface area contributed by atoms with Crippen LogP contribution in [0.25, 0.3) is 0 Å². The van der Waals surface area contributed by atoms with E-state index in [1.807, 2.05) is 18.2 Å². The molecule has 1 N–H and O–H groups in total. The summed E-state index contributed by atoms with van der Waals surface area (Å²) in [7, 11) is 0. The van der Waals surface area contributed by atoms with Gasteiger partial charge in [0.2, 0.25) is 0 Å². The molecule has 18 heavy (non-hydrogen) atoms. The zero-order chi connectivity index (χ0) is 12.4. The standard InChI is InChI=1S/C11H12N6O/c18-11(10-13-15-16-14-10)17(9-4-5-9)7-8-3-1-2-6-12-8/h1-3,6,9H,4-5,7H2,(H,13,14,15,16). The van der Waals surface area contributed by atoms with Gasteiger partial charge in [-0.1, -0.05) is 6.07 Å². The van der Waals surface area contributed by atoms with E-state index in [-0.39, 0.29) is 17.8 Å². The molecule has 0 spiro atoms. The molecule has 2 aromatic heterocycles. The molecule has 1 amide bonds. The van der Waals surface area contributed by atoms with Crippen molar-refractivity contribution in [2.45, 2.75) is 25.4 Å². The van der Waals surface area contributed by atoms with Crippen molar-refractivity contribution < 1.29 is 4.79 Å². The Morgan fingerprint density at radius 3 is 2.94 bits per heavy atom. The summed E-state index contributed by atoms with van der Waals surface area (Å²) in [5.74, 6) is -0.0882. The second-order valence-electron chi connectivity index (χ2n) is 4.22. The average Bonchev–Trinajstić information content (AvgIpc) is 3.10. The van der Waals surface area contributed by atoms with Crippen LogP contribution in [0.1, 0.15) is 29.2 Å². The van der Waals surface area contributed by atoms with E-state index in [9.17, 15) is 4.79 Å². The first kappa shape index (κ1) is 10.8. The Morgan fingerprint density at radius 1 is 1.44 bits per heavy atom. The maximum absolute atomic E-state index is 12.2. The number of nitrogens with zero attached hydrogens (tertiary/aromatic N) is 5. The van der Waals surface area contributed by atoms with E-state index in [4.69, 9.17) is 0 Å². The molecule has 92 valence electrons. The van der Waals surface area contributed by atoms with Crippen LogP contribution in [0, 0.1) is 0 Å². The van der Waals surface area contributed by atoms with Gasteiger partial charge in [-0.2, -0.15) is 5.21 Å². The second-order valence-corrected chi connectivity index (χ2v) is 4.22. The van der Waals surface area contributed by atoms with Gasteiger partial charge in [-0.05, 0) is 30.2 Å². The summed E-state index contributed by atoms with van der Waals surface area (Å²) in [6, 6.07) is 5.94. The van der Waals surface area contributed by atoms with E-state index >= 15 is 0 Å². The third kappa shape index (κ3) is 2.20. The normalized spacial score (nSPS) is 14.4. The Bertz CT molecular complexity index is 522. The van der Waals surface area contributed by atoms with E-state index in [1.54, 1.807) is 11.1 Å². The number of nitrogens with one attached hydrogen (secondary N) is 1. The molecule has 7 nitrogen and oxygen atoms in total. The van der Waals surface area contributed by atoms with Crippen LogP contribution in [0.2, 0.25) is 0 Å². The van der Waals surface area contributed by atoms with Crippen LogP contribution in [-0.2, 0) is 6.54 Å². The van der Waals surface area contributed by atoms with Crippen molar-refractivity contribution in [1.82, 2.24) is 30.5 Å². The molecule has 1 saturated carbocycles. The highest BCUT2D eigenvalue weighted by atomic mass is 16.2. The Balaban J connectivity index is 1.79. The van der Waals surface area contributed by atoms with Gasteiger partial charge in [-0.15, -0.1) is 10.2 Å². The lowest BCUT2D eigenvalue weighted by molar-refractivity contribution is 0.0715. The predicted molar refractivity (Wildman–Crippen MR) is 61.3 cm³/mol. The van der Waals surface area contributed by atoms with Crippen molar-refractivity contribution in [1.29, 1.82) is 0 Å². The van der Waals surface area contributed by atoms with Crippen molar-refractivity contribution in [3.05, 3.63) is 35.9 Å². The summed E-state index contributed by atoms with van der Waals surface area (Å²) in [5.41, 5.74) is 0.862. The number of aromatic amines is 1. The summed E-state index contributed by atoms with van der Waals surface area (Å²) in [4.78, 5) is 18.2. The highest BCUT2D eigenvalue weighted by Gasteiger charge is 2.34. The largest absolute Gasteiger partial charge is 0.327 e. The molecule has 2 heterocycles. The topological polar surface area (TPSA) is 87.7 Å². The van der Waals surface area contributed by atoms with Gasteiger partial charge in [0.1, 0.15) is 0 Å². The summed E-state index contributed by atoms with van der Waals surface area (Å²) >= 11 is 0. The molecular formula is C11H12N6O. The van der Waals surface area contributed by atoms with Gasteiger partial charge in [0.25, 0.3) is 11.7 Å². The minimum Gasteiger partial charge on any atom is -0.327 e. The lowest BCUT2D eigenvalue weighted by Gasteiger charge is -2.20. The molecule has 3 rings (SSSR count). The van der Waals surface area contributed by atoms with E-state index in [0.717, 1.165) is 18.5 Å². The summed E-state index contributed by atoms with van der Waals surface area (Å²) in [6.07, 6.45) is 3.77. The van der Waals surface area contributed by atoms with Gasteiger partial charge >= 0.3 is 0 Å². The number of H-pyrrole nitrogens is 1. The number of aromatic nitrogens is 5. The number of hydrogen-bond acceptors (Lipinski definition) is 5. The first-order valence-corrected chi connectivity index (χ1v) is 5.79. The SMILES string of the molecule is O=C(c1nn[nH]n1)N(Cc1ccccn1)C1CC1. The number of amides is 1. The highest BCUT2D eigenvalue weighted by molar-refractivity contribution is 5.90. The van der Waals surface area contributed by atoms with Gasteiger partial charge < -0.3 is 4.90 Å². The van der Waals surface area contributed by atoms with Gasteiger partial charge in [0.15, 0.2) is 0 Å². The maximum atomic E-state index is 12.2. The maximum Gasteiger partial charge on any atom is 0.296 e. The molecule has 0 saturated heterocycles. The Kier molecular flexibility index (Phi) is 2.71. The van der Waals surface area contributed by atoms with Gasteiger partial charge in [-0.3, -0.25) is 9.78 Å². The zero-order valence-corrected chi connectivity index (χ0v) is 9.65. The van der Waals surface area contributed by atoms with Gasteiger partial charge in [0, 0.05) is 12.2 Å².